The Morgan fingerprint density at radius 2 is 1.30 bits per heavy atom. The zero-order valence-electron chi connectivity index (χ0n) is 30.0. The van der Waals surface area contributed by atoms with Crippen molar-refractivity contribution in [1.82, 2.24) is 4.57 Å². The molecular formula is C53H37N. The Hall–Kier alpha value is -6.18. The zero-order valence-corrected chi connectivity index (χ0v) is 30.0. The normalized spacial score (nSPS) is 22.0. The maximum Gasteiger partial charge on any atom is 0.0585 e. The van der Waals surface area contributed by atoms with E-state index in [1.165, 1.54) is 94.3 Å². The van der Waals surface area contributed by atoms with Crippen LogP contribution in [-0.4, -0.2) is 4.57 Å². The quantitative estimate of drug-likeness (QED) is 0.170. The summed E-state index contributed by atoms with van der Waals surface area (Å²) < 4.78 is 2.68. The minimum absolute atomic E-state index is 0.225. The molecule has 4 atom stereocenters. The second-order valence-corrected chi connectivity index (χ2v) is 16.1. The third kappa shape index (κ3) is 3.74. The third-order valence-corrected chi connectivity index (χ3v) is 13.7. The van der Waals surface area contributed by atoms with Gasteiger partial charge in [0.1, 0.15) is 0 Å². The molecule has 254 valence electrons. The van der Waals surface area contributed by atoms with E-state index in [9.17, 15) is 0 Å². The SMILES string of the molecule is C1=CC2C3=C(c4cccc5c4C3Cc3ccccc3-5)c3c(c4c5ccccc5ccc4n3C3=CC(c4cccc5c4CCc4ccccc4-5)C=C3)C2C=C1. The lowest BCUT2D eigenvalue weighted by Gasteiger charge is -2.36. The summed E-state index contributed by atoms with van der Waals surface area (Å²) in [6.45, 7) is 0. The largest absolute Gasteiger partial charge is 0.309 e. The van der Waals surface area contributed by atoms with Crippen LogP contribution in [0.15, 0.2) is 169 Å². The summed E-state index contributed by atoms with van der Waals surface area (Å²) in [4.78, 5) is 0. The molecule has 0 aliphatic heterocycles. The van der Waals surface area contributed by atoms with Crippen molar-refractivity contribution in [2.24, 2.45) is 5.92 Å². The molecule has 1 nitrogen and oxygen atoms in total. The van der Waals surface area contributed by atoms with Crippen LogP contribution in [0.25, 0.3) is 55.2 Å². The molecule has 0 bridgehead atoms. The summed E-state index contributed by atoms with van der Waals surface area (Å²) in [7, 11) is 0. The Morgan fingerprint density at radius 1 is 0.556 bits per heavy atom. The van der Waals surface area contributed by atoms with E-state index in [-0.39, 0.29) is 11.8 Å². The van der Waals surface area contributed by atoms with E-state index in [0.717, 1.165) is 19.3 Å². The number of rotatable bonds is 2. The topological polar surface area (TPSA) is 4.93 Å². The van der Waals surface area contributed by atoms with Gasteiger partial charge in [-0.3, -0.25) is 0 Å². The number of aryl methyl sites for hydroxylation is 1. The molecule has 0 saturated carbocycles. The first-order chi connectivity index (χ1) is 26.8. The maximum atomic E-state index is 2.68. The molecule has 0 saturated heterocycles. The van der Waals surface area contributed by atoms with Gasteiger partial charge < -0.3 is 4.57 Å². The number of hydrogen-bond acceptors (Lipinski definition) is 0. The molecule has 54 heavy (non-hydrogen) atoms. The van der Waals surface area contributed by atoms with Gasteiger partial charge in [0.05, 0.1) is 11.2 Å². The maximum absolute atomic E-state index is 2.68. The minimum Gasteiger partial charge on any atom is -0.309 e. The minimum atomic E-state index is 0.225. The van der Waals surface area contributed by atoms with E-state index in [2.05, 4.69) is 168 Å². The van der Waals surface area contributed by atoms with E-state index in [4.69, 9.17) is 0 Å². The van der Waals surface area contributed by atoms with Crippen LogP contribution in [0.4, 0.5) is 0 Å². The molecule has 4 unspecified atom stereocenters. The van der Waals surface area contributed by atoms with Gasteiger partial charge in [0.2, 0.25) is 0 Å². The Morgan fingerprint density at radius 3 is 2.22 bits per heavy atom. The molecule has 0 spiro atoms. The first kappa shape index (κ1) is 29.3. The number of hydrogen-bond donors (Lipinski definition) is 0. The lowest BCUT2D eigenvalue weighted by atomic mass is 9.67. The summed E-state index contributed by atoms with van der Waals surface area (Å²) >= 11 is 0. The van der Waals surface area contributed by atoms with Crippen LogP contribution in [0, 0.1) is 5.92 Å². The average Bonchev–Trinajstić information content (AvgIpc) is 3.94. The lowest BCUT2D eigenvalue weighted by Crippen LogP contribution is -2.24. The fourth-order valence-electron chi connectivity index (χ4n) is 11.6. The number of fused-ring (bicyclic) bond motifs is 16. The Kier molecular flexibility index (Phi) is 5.81. The van der Waals surface area contributed by atoms with Gasteiger partial charge >= 0.3 is 0 Å². The van der Waals surface area contributed by atoms with Crippen LogP contribution in [0.5, 0.6) is 0 Å². The monoisotopic (exact) mass is 687 g/mol. The van der Waals surface area contributed by atoms with Crippen molar-refractivity contribution < 1.29 is 0 Å². The molecule has 1 heterocycles. The zero-order chi connectivity index (χ0) is 35.1. The van der Waals surface area contributed by atoms with Crippen molar-refractivity contribution >= 4 is 32.9 Å². The highest BCUT2D eigenvalue weighted by atomic mass is 15.0. The molecule has 13 rings (SSSR count). The molecular weight excluding hydrogens is 651 g/mol. The number of nitrogens with zero attached hydrogens (tertiary/aromatic N) is 1. The highest BCUT2D eigenvalue weighted by Gasteiger charge is 2.48. The summed E-state index contributed by atoms with van der Waals surface area (Å²) in [5.74, 6) is 1.20. The van der Waals surface area contributed by atoms with Gasteiger partial charge in [-0.1, -0.05) is 146 Å². The second-order valence-electron chi connectivity index (χ2n) is 16.1. The van der Waals surface area contributed by atoms with Crippen molar-refractivity contribution in [1.29, 1.82) is 0 Å². The van der Waals surface area contributed by atoms with Gasteiger partial charge in [-0.25, -0.2) is 0 Å². The van der Waals surface area contributed by atoms with Crippen molar-refractivity contribution in [3.05, 3.63) is 214 Å². The molecule has 7 aromatic rings. The molecule has 6 aromatic carbocycles. The number of aromatic nitrogens is 1. The van der Waals surface area contributed by atoms with Gasteiger partial charge in [0.25, 0.3) is 0 Å². The molecule has 0 radical (unpaired) electrons. The predicted octanol–water partition coefficient (Wildman–Crippen LogP) is 12.7. The lowest BCUT2D eigenvalue weighted by molar-refractivity contribution is 0.595. The van der Waals surface area contributed by atoms with E-state index in [1.54, 1.807) is 11.1 Å². The highest BCUT2D eigenvalue weighted by molar-refractivity contribution is 6.14. The van der Waals surface area contributed by atoms with Crippen molar-refractivity contribution in [2.75, 3.05) is 0 Å². The van der Waals surface area contributed by atoms with Gasteiger partial charge in [-0.2, -0.15) is 0 Å². The van der Waals surface area contributed by atoms with Crippen LogP contribution in [-0.2, 0) is 19.3 Å². The first-order valence-corrected chi connectivity index (χ1v) is 19.8. The fraction of sp³-hybridized carbons (Fsp3) is 0.132. The van der Waals surface area contributed by atoms with Gasteiger partial charge in [0.15, 0.2) is 0 Å². The van der Waals surface area contributed by atoms with Crippen molar-refractivity contribution in [3.63, 3.8) is 0 Å². The Balaban J connectivity index is 1.09. The summed E-state index contributed by atoms with van der Waals surface area (Å²) in [6, 6.07) is 46.1. The fourth-order valence-corrected chi connectivity index (χ4v) is 11.6. The third-order valence-electron chi connectivity index (χ3n) is 13.7. The molecule has 0 fully saturated rings. The molecule has 0 amide bonds. The predicted molar refractivity (Wildman–Crippen MR) is 224 cm³/mol. The van der Waals surface area contributed by atoms with Gasteiger partial charge in [-0.05, 0) is 115 Å². The van der Waals surface area contributed by atoms with Crippen LogP contribution < -0.4 is 0 Å². The van der Waals surface area contributed by atoms with Crippen molar-refractivity contribution in [3.8, 4) is 22.3 Å². The number of benzene rings is 6. The molecule has 0 N–H and O–H groups in total. The Labute approximate surface area is 315 Å². The molecule has 6 aliphatic carbocycles. The first-order valence-electron chi connectivity index (χ1n) is 19.8. The molecule has 6 aliphatic rings. The number of allylic oxidation sites excluding steroid dienone is 9. The summed E-state index contributed by atoms with van der Waals surface area (Å²) in [6.07, 6.45) is 20.3. The summed E-state index contributed by atoms with van der Waals surface area (Å²) in [5.41, 5.74) is 23.1. The van der Waals surface area contributed by atoms with Gasteiger partial charge in [-0.15, -0.1) is 0 Å². The summed E-state index contributed by atoms with van der Waals surface area (Å²) in [5, 5.41) is 4.07. The van der Waals surface area contributed by atoms with Crippen LogP contribution in [0.1, 0.15) is 62.4 Å². The van der Waals surface area contributed by atoms with E-state index >= 15 is 0 Å². The van der Waals surface area contributed by atoms with Crippen LogP contribution >= 0.6 is 0 Å². The van der Waals surface area contributed by atoms with E-state index < -0.39 is 0 Å². The smallest absolute Gasteiger partial charge is 0.0585 e. The van der Waals surface area contributed by atoms with E-state index in [0.29, 0.717) is 11.8 Å². The average molecular weight is 688 g/mol. The Bertz CT molecular complexity index is 2990. The second kappa shape index (κ2) is 10.7. The standard InChI is InChI=1S/C53H37N/c1-4-14-36-31(11-1)24-27-41-37(19-9-20-40(36)41)34-23-26-35(29-34)54-47-28-25-32-12-2-6-16-39(32)50(47)51-44-18-8-7-17-43(44)49-46-30-33-13-3-5-15-38(33)42-21-10-22-45(48(42)46)52(49)53(51)54/h1-23,25-26,28-29,34,43-44,46H,24,27,30H2. The highest BCUT2D eigenvalue weighted by Crippen LogP contribution is 2.63. The van der Waals surface area contributed by atoms with Gasteiger partial charge in [0, 0.05) is 40.3 Å². The van der Waals surface area contributed by atoms with Crippen LogP contribution in [0.3, 0.4) is 0 Å². The van der Waals surface area contributed by atoms with Crippen molar-refractivity contribution in [2.45, 2.75) is 37.0 Å². The molecule has 1 heteroatoms. The van der Waals surface area contributed by atoms with E-state index in [1.807, 2.05) is 0 Å². The van der Waals surface area contributed by atoms with Crippen LogP contribution in [0.2, 0.25) is 0 Å². The molecule has 1 aromatic heterocycles.